The van der Waals surface area contributed by atoms with E-state index in [2.05, 4.69) is 6.92 Å². The third-order valence-electron chi connectivity index (χ3n) is 3.03. The van der Waals surface area contributed by atoms with Gasteiger partial charge in [0, 0.05) is 12.8 Å². The summed E-state index contributed by atoms with van der Waals surface area (Å²) in [6.07, 6.45) is 3.85. The van der Waals surface area contributed by atoms with Gasteiger partial charge in [-0.05, 0) is 37.8 Å². The lowest BCUT2D eigenvalue weighted by molar-refractivity contribution is -0.143. The van der Waals surface area contributed by atoms with E-state index in [9.17, 15) is 9.59 Å². The molecule has 4 nitrogen and oxygen atoms in total. The molecule has 0 heterocycles. The van der Waals surface area contributed by atoms with Gasteiger partial charge in [-0.3, -0.25) is 9.59 Å². The van der Waals surface area contributed by atoms with Crippen molar-refractivity contribution in [3.05, 3.63) is 29.8 Å². The van der Waals surface area contributed by atoms with Crippen LogP contribution in [-0.2, 0) is 20.7 Å². The Morgan fingerprint density at radius 1 is 1.00 bits per heavy atom. The summed E-state index contributed by atoms with van der Waals surface area (Å²) in [7, 11) is 0. The van der Waals surface area contributed by atoms with Gasteiger partial charge in [0.1, 0.15) is 5.75 Å². The van der Waals surface area contributed by atoms with Gasteiger partial charge in [0.05, 0.1) is 6.61 Å². The summed E-state index contributed by atoms with van der Waals surface area (Å²) in [6.45, 7) is 4.27. The average Bonchev–Trinajstić information content (AvgIpc) is 2.46. The zero-order chi connectivity index (χ0) is 15.5. The Morgan fingerprint density at radius 3 is 2.33 bits per heavy atom. The van der Waals surface area contributed by atoms with E-state index in [0.717, 1.165) is 18.4 Å². The summed E-state index contributed by atoms with van der Waals surface area (Å²) in [5.74, 6) is 0.191. The summed E-state index contributed by atoms with van der Waals surface area (Å²) < 4.78 is 10.2. The number of benzene rings is 1. The molecule has 0 amide bonds. The molecule has 116 valence electrons. The normalized spacial score (nSPS) is 10.2. The Hall–Kier alpha value is -1.84. The van der Waals surface area contributed by atoms with Crippen LogP contribution in [0.4, 0.5) is 0 Å². The van der Waals surface area contributed by atoms with Gasteiger partial charge >= 0.3 is 11.9 Å². The number of esters is 2. The number of rotatable bonds is 9. The van der Waals surface area contributed by atoms with E-state index in [1.165, 1.54) is 0 Å². The van der Waals surface area contributed by atoms with E-state index >= 15 is 0 Å². The van der Waals surface area contributed by atoms with Gasteiger partial charge in [-0.25, -0.2) is 0 Å². The van der Waals surface area contributed by atoms with Crippen molar-refractivity contribution in [3.63, 3.8) is 0 Å². The molecule has 0 saturated heterocycles. The number of unbranched alkanes of at least 4 members (excludes halogenated alkanes) is 1. The van der Waals surface area contributed by atoms with E-state index in [1.54, 1.807) is 6.92 Å². The summed E-state index contributed by atoms with van der Waals surface area (Å²) in [4.78, 5) is 23.0. The van der Waals surface area contributed by atoms with Crippen LogP contribution in [0.5, 0.6) is 5.75 Å². The van der Waals surface area contributed by atoms with Crippen molar-refractivity contribution < 1.29 is 19.1 Å². The fourth-order valence-electron chi connectivity index (χ4n) is 2.02. The van der Waals surface area contributed by atoms with E-state index < -0.39 is 0 Å². The molecule has 0 unspecified atom stereocenters. The monoisotopic (exact) mass is 292 g/mol. The molecule has 0 fully saturated rings. The number of carbonyl (C=O) groups is 2. The molecule has 0 N–H and O–H groups in total. The van der Waals surface area contributed by atoms with Crippen LogP contribution in [0.1, 0.15) is 51.5 Å². The van der Waals surface area contributed by atoms with Gasteiger partial charge in [0.2, 0.25) is 0 Å². The summed E-state index contributed by atoms with van der Waals surface area (Å²) in [5, 5.41) is 0. The quantitative estimate of drug-likeness (QED) is 0.396. The van der Waals surface area contributed by atoms with Gasteiger partial charge in [-0.2, -0.15) is 0 Å². The van der Waals surface area contributed by atoms with Crippen molar-refractivity contribution >= 4 is 11.9 Å². The van der Waals surface area contributed by atoms with Gasteiger partial charge in [0.25, 0.3) is 0 Å². The molecule has 0 aliphatic carbocycles. The molecular weight excluding hydrogens is 268 g/mol. The third-order valence-corrected chi connectivity index (χ3v) is 3.03. The second kappa shape index (κ2) is 9.97. The van der Waals surface area contributed by atoms with Crippen LogP contribution in [-0.4, -0.2) is 18.5 Å². The van der Waals surface area contributed by atoms with E-state index in [1.807, 2.05) is 24.3 Å². The third kappa shape index (κ3) is 6.93. The van der Waals surface area contributed by atoms with Crippen LogP contribution in [0.3, 0.4) is 0 Å². The van der Waals surface area contributed by atoms with Crippen LogP contribution >= 0.6 is 0 Å². The second-order valence-corrected chi connectivity index (χ2v) is 4.84. The summed E-state index contributed by atoms with van der Waals surface area (Å²) >= 11 is 0. The molecule has 0 saturated carbocycles. The van der Waals surface area contributed by atoms with Crippen LogP contribution < -0.4 is 4.74 Å². The first-order valence-corrected chi connectivity index (χ1v) is 7.61. The maximum atomic E-state index is 11.8. The smallest absolute Gasteiger partial charge is 0.311 e. The largest absolute Gasteiger partial charge is 0.466 e. The Kier molecular flexibility index (Phi) is 8.17. The molecule has 4 heteroatoms. The minimum Gasteiger partial charge on any atom is -0.466 e. The van der Waals surface area contributed by atoms with Crippen molar-refractivity contribution in [1.29, 1.82) is 0 Å². The number of hydrogen-bond acceptors (Lipinski definition) is 4. The van der Waals surface area contributed by atoms with Crippen molar-refractivity contribution in [2.24, 2.45) is 0 Å². The molecule has 0 bridgehead atoms. The number of hydrogen-bond donors (Lipinski definition) is 0. The van der Waals surface area contributed by atoms with Crippen LogP contribution in [0.15, 0.2) is 24.3 Å². The number of ether oxygens (including phenoxy) is 2. The number of carbonyl (C=O) groups excluding carboxylic acids is 2. The lowest BCUT2D eigenvalue weighted by Gasteiger charge is -2.09. The first-order valence-electron chi connectivity index (χ1n) is 7.61. The fraction of sp³-hybridized carbons (Fsp3) is 0.529. The lowest BCUT2D eigenvalue weighted by atomic mass is 10.1. The summed E-state index contributed by atoms with van der Waals surface area (Å²) in [6, 6.07) is 7.61. The zero-order valence-corrected chi connectivity index (χ0v) is 12.9. The number of para-hydroxylation sites is 1. The van der Waals surface area contributed by atoms with Crippen LogP contribution in [0.2, 0.25) is 0 Å². The second-order valence-electron chi connectivity index (χ2n) is 4.84. The number of aryl methyl sites for hydroxylation is 1. The van der Waals surface area contributed by atoms with Crippen molar-refractivity contribution in [2.75, 3.05) is 6.61 Å². The molecule has 21 heavy (non-hydrogen) atoms. The Morgan fingerprint density at radius 2 is 1.67 bits per heavy atom. The van der Waals surface area contributed by atoms with Gasteiger partial charge in [-0.1, -0.05) is 31.5 Å². The minimum absolute atomic E-state index is 0.209. The zero-order valence-electron chi connectivity index (χ0n) is 12.9. The van der Waals surface area contributed by atoms with Crippen LogP contribution in [0.25, 0.3) is 0 Å². The van der Waals surface area contributed by atoms with Crippen molar-refractivity contribution in [1.82, 2.24) is 0 Å². The highest BCUT2D eigenvalue weighted by atomic mass is 16.5. The van der Waals surface area contributed by atoms with Crippen LogP contribution in [0, 0.1) is 0 Å². The first-order chi connectivity index (χ1) is 10.2. The van der Waals surface area contributed by atoms with Gasteiger partial charge in [0.15, 0.2) is 0 Å². The molecule has 0 aliphatic rings. The molecule has 1 aromatic rings. The highest BCUT2D eigenvalue weighted by Gasteiger charge is 2.09. The Bertz CT molecular complexity index is 454. The fourth-order valence-corrected chi connectivity index (χ4v) is 2.02. The lowest BCUT2D eigenvalue weighted by Crippen LogP contribution is -2.10. The Labute approximate surface area is 126 Å². The highest BCUT2D eigenvalue weighted by molar-refractivity contribution is 5.73. The highest BCUT2D eigenvalue weighted by Crippen LogP contribution is 2.20. The first kappa shape index (κ1) is 17.2. The molecular formula is C17H24O4. The van der Waals surface area contributed by atoms with Gasteiger partial charge < -0.3 is 9.47 Å². The summed E-state index contributed by atoms with van der Waals surface area (Å²) in [5.41, 5.74) is 1.06. The van der Waals surface area contributed by atoms with E-state index in [4.69, 9.17) is 9.47 Å². The maximum absolute atomic E-state index is 11.8. The molecule has 0 atom stereocenters. The Balaban J connectivity index is 2.32. The predicted molar refractivity (Wildman–Crippen MR) is 81.2 cm³/mol. The molecule has 0 aromatic heterocycles. The minimum atomic E-state index is -0.248. The van der Waals surface area contributed by atoms with Crippen molar-refractivity contribution in [2.45, 2.75) is 52.4 Å². The molecule has 1 rings (SSSR count). The maximum Gasteiger partial charge on any atom is 0.311 e. The molecule has 0 aliphatic heterocycles. The van der Waals surface area contributed by atoms with E-state index in [-0.39, 0.29) is 11.9 Å². The predicted octanol–water partition coefficient (Wildman–Crippen LogP) is 3.67. The van der Waals surface area contributed by atoms with Gasteiger partial charge in [-0.15, -0.1) is 0 Å². The topological polar surface area (TPSA) is 52.6 Å². The molecule has 0 spiro atoms. The SMILES string of the molecule is CCCc1ccccc1OC(=O)CCCCC(=O)OCC. The molecule has 1 aromatic carbocycles. The standard InChI is InChI=1S/C17H24O4/c1-3-9-14-10-5-6-11-15(14)21-17(19)13-8-7-12-16(18)20-4-2/h5-6,10-11H,3-4,7-9,12-13H2,1-2H3. The van der Waals surface area contributed by atoms with E-state index in [0.29, 0.717) is 38.0 Å². The average molecular weight is 292 g/mol. The van der Waals surface area contributed by atoms with Crippen molar-refractivity contribution in [3.8, 4) is 5.75 Å². The molecule has 0 radical (unpaired) electrons.